The molecule has 2 heterocycles. The summed E-state index contributed by atoms with van der Waals surface area (Å²) in [5, 5.41) is 14.2. The SMILES string of the molecule is CCN1C(=O)C2(CCN(CCN(C)C)CC2)c2ccccc21.O=C(O)C(F)(F)F.O=C(O)C(F)(F)F. The standard InChI is InChI=1S/C18H27N3O.2C2HF3O2/c1-4-21-16-8-6-5-7-15(16)18(17(21)22)9-11-20(12-10-18)14-13-19(2)3;2*3-2(4,5)1(6)7/h5-8H,4,9-14H2,1-3H3;2*(H,6,7). The topological polar surface area (TPSA) is 101 Å². The number of rotatable bonds is 4. The molecule has 1 amide bonds. The number of carbonyl (C=O) groups excluding carboxylic acids is 1. The molecule has 1 aromatic carbocycles. The minimum absolute atomic E-state index is 0.263. The monoisotopic (exact) mass is 529 g/mol. The van der Waals surface area contributed by atoms with Crippen LogP contribution in [0.25, 0.3) is 0 Å². The van der Waals surface area contributed by atoms with E-state index in [-0.39, 0.29) is 5.41 Å². The maximum Gasteiger partial charge on any atom is 0.490 e. The Morgan fingerprint density at radius 2 is 1.42 bits per heavy atom. The normalized spacial score (nSPS) is 17.2. The third-order valence-corrected chi connectivity index (χ3v) is 5.74. The van der Waals surface area contributed by atoms with Crippen LogP contribution < -0.4 is 4.90 Å². The van der Waals surface area contributed by atoms with Crippen molar-refractivity contribution in [1.29, 1.82) is 0 Å². The highest BCUT2D eigenvalue weighted by Crippen LogP contribution is 2.47. The molecule has 0 atom stereocenters. The molecule has 8 nitrogen and oxygen atoms in total. The molecule has 1 aromatic rings. The maximum atomic E-state index is 13.0. The maximum absolute atomic E-state index is 13.0. The smallest absolute Gasteiger partial charge is 0.475 e. The molecule has 0 bridgehead atoms. The molecule has 1 spiro atoms. The van der Waals surface area contributed by atoms with Crippen LogP contribution in [0.5, 0.6) is 0 Å². The van der Waals surface area contributed by atoms with Gasteiger partial charge in [-0.15, -0.1) is 0 Å². The molecule has 204 valence electrons. The van der Waals surface area contributed by atoms with Crippen molar-refractivity contribution in [2.24, 2.45) is 0 Å². The molecule has 2 N–H and O–H groups in total. The van der Waals surface area contributed by atoms with Crippen LogP contribution in [0.2, 0.25) is 0 Å². The molecule has 3 rings (SSSR count). The van der Waals surface area contributed by atoms with Crippen LogP contribution in [0.4, 0.5) is 32.0 Å². The zero-order valence-corrected chi connectivity index (χ0v) is 20.0. The first-order valence-corrected chi connectivity index (χ1v) is 10.9. The minimum atomic E-state index is -5.08. The Labute approximate surface area is 204 Å². The van der Waals surface area contributed by atoms with E-state index in [2.05, 4.69) is 49.0 Å². The summed E-state index contributed by atoms with van der Waals surface area (Å²) in [7, 11) is 4.22. The Bertz CT molecular complexity index is 888. The molecule has 2 aliphatic rings. The van der Waals surface area contributed by atoms with Gasteiger partial charge in [-0.2, -0.15) is 26.3 Å². The summed E-state index contributed by atoms with van der Waals surface area (Å²) in [6.45, 7) is 7.05. The van der Waals surface area contributed by atoms with Crippen molar-refractivity contribution in [3.63, 3.8) is 0 Å². The number of alkyl halides is 6. The molecular formula is C22H29F6N3O5. The van der Waals surface area contributed by atoms with Gasteiger partial charge in [0.2, 0.25) is 5.91 Å². The molecule has 0 saturated carbocycles. The lowest BCUT2D eigenvalue weighted by molar-refractivity contribution is -0.193. The zero-order chi connectivity index (χ0) is 27.9. The van der Waals surface area contributed by atoms with E-state index >= 15 is 0 Å². The van der Waals surface area contributed by atoms with Gasteiger partial charge in [-0.1, -0.05) is 18.2 Å². The first kappa shape index (κ1) is 31.2. The highest BCUT2D eigenvalue weighted by atomic mass is 19.4. The first-order chi connectivity index (χ1) is 16.5. The number of hydrogen-bond donors (Lipinski definition) is 2. The lowest BCUT2D eigenvalue weighted by atomic mass is 9.73. The van der Waals surface area contributed by atoms with Crippen LogP contribution in [0.3, 0.4) is 0 Å². The Balaban J connectivity index is 0.000000383. The molecule has 0 aliphatic carbocycles. The van der Waals surface area contributed by atoms with E-state index in [4.69, 9.17) is 19.8 Å². The molecule has 1 fully saturated rings. The largest absolute Gasteiger partial charge is 0.490 e. The fourth-order valence-corrected chi connectivity index (χ4v) is 3.89. The second-order valence-corrected chi connectivity index (χ2v) is 8.40. The average Bonchev–Trinajstić information content (AvgIpc) is 3.00. The molecule has 0 unspecified atom stereocenters. The summed E-state index contributed by atoms with van der Waals surface area (Å²) >= 11 is 0. The summed E-state index contributed by atoms with van der Waals surface area (Å²) in [5.41, 5.74) is 2.13. The Kier molecular flexibility index (Phi) is 10.7. The number of carboxylic acids is 2. The van der Waals surface area contributed by atoms with Gasteiger partial charge in [0, 0.05) is 25.3 Å². The van der Waals surface area contributed by atoms with Crippen molar-refractivity contribution in [2.75, 3.05) is 51.7 Å². The van der Waals surface area contributed by atoms with Crippen LogP contribution in [-0.2, 0) is 19.8 Å². The van der Waals surface area contributed by atoms with Gasteiger partial charge in [0.1, 0.15) is 0 Å². The van der Waals surface area contributed by atoms with Gasteiger partial charge >= 0.3 is 24.3 Å². The highest BCUT2D eigenvalue weighted by Gasteiger charge is 2.51. The fourth-order valence-electron chi connectivity index (χ4n) is 3.89. The zero-order valence-electron chi connectivity index (χ0n) is 20.0. The van der Waals surface area contributed by atoms with E-state index in [1.54, 1.807) is 0 Å². The van der Waals surface area contributed by atoms with E-state index in [9.17, 15) is 31.1 Å². The van der Waals surface area contributed by atoms with Gasteiger partial charge in [0.25, 0.3) is 0 Å². The number of fused-ring (bicyclic) bond motifs is 2. The lowest BCUT2D eigenvalue weighted by Crippen LogP contribution is -2.49. The number of hydrogen-bond acceptors (Lipinski definition) is 5. The van der Waals surface area contributed by atoms with E-state index in [1.807, 2.05) is 11.0 Å². The average molecular weight is 529 g/mol. The van der Waals surface area contributed by atoms with Crippen LogP contribution in [-0.4, -0.2) is 97.0 Å². The van der Waals surface area contributed by atoms with Crippen molar-refractivity contribution in [2.45, 2.75) is 37.5 Å². The highest BCUT2D eigenvalue weighted by molar-refractivity contribution is 6.08. The van der Waals surface area contributed by atoms with E-state index < -0.39 is 24.3 Å². The number of carboxylic acid groups (broad SMARTS) is 2. The van der Waals surface area contributed by atoms with Crippen molar-refractivity contribution in [3.05, 3.63) is 29.8 Å². The predicted octanol–water partition coefficient (Wildman–Crippen LogP) is 3.21. The number of halogens is 6. The summed E-state index contributed by atoms with van der Waals surface area (Å²) in [6.07, 6.45) is -8.26. The molecule has 2 aliphatic heterocycles. The van der Waals surface area contributed by atoms with Gasteiger partial charge < -0.3 is 24.9 Å². The van der Waals surface area contributed by atoms with Crippen molar-refractivity contribution in [3.8, 4) is 0 Å². The van der Waals surface area contributed by atoms with Crippen molar-refractivity contribution in [1.82, 2.24) is 9.80 Å². The molecule has 0 radical (unpaired) electrons. The number of anilines is 1. The number of carbonyl (C=O) groups is 3. The predicted molar refractivity (Wildman–Crippen MR) is 118 cm³/mol. The molecule has 1 saturated heterocycles. The van der Waals surface area contributed by atoms with Crippen LogP contribution in [0.15, 0.2) is 24.3 Å². The summed E-state index contributed by atoms with van der Waals surface area (Å²) in [5.74, 6) is -5.19. The van der Waals surface area contributed by atoms with Crippen LogP contribution in [0, 0.1) is 0 Å². The number of nitrogens with zero attached hydrogens (tertiary/aromatic N) is 3. The fraction of sp³-hybridized carbons (Fsp3) is 0.591. The van der Waals surface area contributed by atoms with Gasteiger partial charge in [0.15, 0.2) is 0 Å². The molecule has 36 heavy (non-hydrogen) atoms. The number of para-hydroxylation sites is 1. The van der Waals surface area contributed by atoms with Crippen molar-refractivity contribution >= 4 is 23.5 Å². The molecular weight excluding hydrogens is 500 g/mol. The molecule has 0 aromatic heterocycles. The second-order valence-electron chi connectivity index (χ2n) is 8.40. The quantitative estimate of drug-likeness (QED) is 0.578. The third-order valence-electron chi connectivity index (χ3n) is 5.74. The summed E-state index contributed by atoms with van der Waals surface area (Å²) < 4.78 is 63.5. The van der Waals surface area contributed by atoms with Gasteiger partial charge in [0.05, 0.1) is 5.41 Å². The molecule has 14 heteroatoms. The number of amides is 1. The van der Waals surface area contributed by atoms with Crippen molar-refractivity contribution < 1.29 is 50.9 Å². The summed E-state index contributed by atoms with van der Waals surface area (Å²) in [6, 6.07) is 8.38. The number of benzene rings is 1. The Hall–Kier alpha value is -2.87. The van der Waals surface area contributed by atoms with E-state index in [0.717, 1.165) is 51.3 Å². The van der Waals surface area contributed by atoms with E-state index in [1.165, 1.54) is 5.56 Å². The van der Waals surface area contributed by atoms with Gasteiger partial charge in [-0.25, -0.2) is 9.59 Å². The lowest BCUT2D eigenvalue weighted by Gasteiger charge is -2.38. The second kappa shape index (κ2) is 12.4. The first-order valence-electron chi connectivity index (χ1n) is 10.9. The van der Waals surface area contributed by atoms with Crippen LogP contribution >= 0.6 is 0 Å². The Morgan fingerprint density at radius 1 is 0.972 bits per heavy atom. The minimum Gasteiger partial charge on any atom is -0.475 e. The number of likely N-dealkylation sites (N-methyl/N-ethyl adjacent to an activating group) is 2. The summed E-state index contributed by atoms with van der Waals surface area (Å²) in [4.78, 5) is 37.5. The van der Waals surface area contributed by atoms with Crippen LogP contribution in [0.1, 0.15) is 25.3 Å². The van der Waals surface area contributed by atoms with Gasteiger partial charge in [-0.05, 0) is 58.6 Å². The Morgan fingerprint density at radius 3 is 1.81 bits per heavy atom. The number of likely N-dealkylation sites (tertiary alicyclic amines) is 1. The van der Waals surface area contributed by atoms with Gasteiger partial charge in [-0.3, -0.25) is 4.79 Å². The van der Waals surface area contributed by atoms with E-state index in [0.29, 0.717) is 5.91 Å². The third kappa shape index (κ3) is 8.08. The number of piperidine rings is 1. The number of aliphatic carboxylic acids is 2.